The highest BCUT2D eigenvalue weighted by Gasteiger charge is 2.17. The number of rotatable bonds is 6. The van der Waals surface area contributed by atoms with E-state index in [1.54, 1.807) is 11.8 Å². The average Bonchev–Trinajstić information content (AvgIpc) is 2.52. The number of thioether (sulfide) groups is 1. The van der Waals surface area contributed by atoms with Crippen LogP contribution in [-0.4, -0.2) is 53.6 Å². The van der Waals surface area contributed by atoms with Crippen molar-refractivity contribution in [2.24, 2.45) is 5.84 Å². The summed E-state index contributed by atoms with van der Waals surface area (Å²) in [5.41, 5.74) is 2.54. The zero-order valence-corrected chi connectivity index (χ0v) is 13.0. The molecule has 1 aromatic heterocycles. The van der Waals surface area contributed by atoms with Gasteiger partial charge in [-0.15, -0.1) is 0 Å². The Kier molecular flexibility index (Phi) is 5.66. The van der Waals surface area contributed by atoms with Crippen LogP contribution < -0.4 is 21.1 Å². The van der Waals surface area contributed by atoms with E-state index in [-0.39, 0.29) is 0 Å². The maximum Gasteiger partial charge on any atom is 0.243 e. The van der Waals surface area contributed by atoms with Crippen molar-refractivity contribution in [3.63, 3.8) is 0 Å². The SMILES string of the molecule is CSCCN(C)c1nc(NN)nc(N2CCCCC2)n1. The zero-order chi connectivity index (χ0) is 14.4. The van der Waals surface area contributed by atoms with Crippen LogP contribution in [0.5, 0.6) is 0 Å². The molecule has 0 spiro atoms. The van der Waals surface area contributed by atoms with Crippen molar-refractivity contribution in [2.45, 2.75) is 19.3 Å². The molecule has 0 atom stereocenters. The second-order valence-electron chi connectivity index (χ2n) is 4.87. The van der Waals surface area contributed by atoms with E-state index in [2.05, 4.69) is 31.5 Å². The predicted molar refractivity (Wildman–Crippen MR) is 85.4 cm³/mol. The second-order valence-corrected chi connectivity index (χ2v) is 5.85. The standard InChI is InChI=1S/C12H23N7S/c1-18(8-9-20-2)11-14-10(17-13)15-12(16-11)19-6-4-3-5-7-19/h3-9,13H2,1-2H3,(H,14,15,16,17). The van der Waals surface area contributed by atoms with Crippen LogP contribution in [-0.2, 0) is 0 Å². The molecule has 0 amide bonds. The van der Waals surface area contributed by atoms with Crippen molar-refractivity contribution < 1.29 is 0 Å². The van der Waals surface area contributed by atoms with Gasteiger partial charge in [-0.3, -0.25) is 5.43 Å². The van der Waals surface area contributed by atoms with Crippen LogP contribution in [0.25, 0.3) is 0 Å². The first-order valence-corrected chi connectivity index (χ1v) is 8.31. The molecule has 1 aliphatic heterocycles. The van der Waals surface area contributed by atoms with E-state index in [9.17, 15) is 0 Å². The lowest BCUT2D eigenvalue weighted by Crippen LogP contribution is -2.32. The number of hydrogen-bond acceptors (Lipinski definition) is 8. The molecule has 2 heterocycles. The van der Waals surface area contributed by atoms with Gasteiger partial charge in [-0.1, -0.05) is 0 Å². The van der Waals surface area contributed by atoms with Crippen LogP contribution in [0.4, 0.5) is 17.8 Å². The molecule has 1 fully saturated rings. The maximum atomic E-state index is 5.47. The monoisotopic (exact) mass is 297 g/mol. The Hall–Kier alpha value is -1.28. The lowest BCUT2D eigenvalue weighted by atomic mass is 10.1. The number of nitrogen functional groups attached to an aromatic ring is 1. The van der Waals surface area contributed by atoms with Crippen LogP contribution in [0.2, 0.25) is 0 Å². The van der Waals surface area contributed by atoms with Crippen LogP contribution >= 0.6 is 11.8 Å². The predicted octanol–water partition coefficient (Wildman–Crippen LogP) is 0.947. The molecular formula is C12H23N7S. The molecule has 0 unspecified atom stereocenters. The molecule has 1 saturated heterocycles. The van der Waals surface area contributed by atoms with Gasteiger partial charge in [0.05, 0.1) is 0 Å². The zero-order valence-electron chi connectivity index (χ0n) is 12.2. The number of anilines is 3. The summed E-state index contributed by atoms with van der Waals surface area (Å²) in [4.78, 5) is 17.5. The van der Waals surface area contributed by atoms with E-state index in [1.807, 2.05) is 11.9 Å². The molecule has 0 aromatic carbocycles. The number of nitrogens with two attached hydrogens (primary N) is 1. The van der Waals surface area contributed by atoms with E-state index >= 15 is 0 Å². The molecule has 8 heteroatoms. The Balaban J connectivity index is 2.18. The molecule has 2 rings (SSSR count). The van der Waals surface area contributed by atoms with Crippen molar-refractivity contribution in [1.82, 2.24) is 15.0 Å². The fourth-order valence-electron chi connectivity index (χ4n) is 2.15. The van der Waals surface area contributed by atoms with E-state index in [0.717, 1.165) is 31.3 Å². The molecular weight excluding hydrogens is 274 g/mol. The number of nitrogens with zero attached hydrogens (tertiary/aromatic N) is 5. The molecule has 0 saturated carbocycles. The highest BCUT2D eigenvalue weighted by atomic mass is 32.2. The van der Waals surface area contributed by atoms with Gasteiger partial charge in [-0.25, -0.2) is 5.84 Å². The van der Waals surface area contributed by atoms with E-state index in [0.29, 0.717) is 11.9 Å². The lowest BCUT2D eigenvalue weighted by Gasteiger charge is -2.27. The number of hydrogen-bond donors (Lipinski definition) is 2. The second kappa shape index (κ2) is 7.49. The van der Waals surface area contributed by atoms with E-state index in [4.69, 9.17) is 5.84 Å². The molecule has 7 nitrogen and oxygen atoms in total. The van der Waals surface area contributed by atoms with Crippen molar-refractivity contribution in [3.05, 3.63) is 0 Å². The van der Waals surface area contributed by atoms with Crippen molar-refractivity contribution in [2.75, 3.05) is 53.9 Å². The molecule has 112 valence electrons. The van der Waals surface area contributed by atoms with E-state index in [1.165, 1.54) is 19.3 Å². The van der Waals surface area contributed by atoms with Gasteiger partial charge < -0.3 is 9.80 Å². The van der Waals surface area contributed by atoms with Gasteiger partial charge in [-0.05, 0) is 25.5 Å². The van der Waals surface area contributed by atoms with Crippen molar-refractivity contribution in [1.29, 1.82) is 0 Å². The third-order valence-corrected chi connectivity index (χ3v) is 3.94. The minimum atomic E-state index is 0.423. The topological polar surface area (TPSA) is 83.2 Å². The summed E-state index contributed by atoms with van der Waals surface area (Å²) < 4.78 is 0. The summed E-state index contributed by atoms with van der Waals surface area (Å²) in [6.45, 7) is 2.90. The molecule has 20 heavy (non-hydrogen) atoms. The third-order valence-electron chi connectivity index (χ3n) is 3.35. The van der Waals surface area contributed by atoms with Gasteiger partial charge in [0, 0.05) is 32.4 Å². The number of aromatic nitrogens is 3. The first kappa shape index (κ1) is 15.1. The van der Waals surface area contributed by atoms with Crippen LogP contribution in [0.3, 0.4) is 0 Å². The minimum Gasteiger partial charge on any atom is -0.343 e. The van der Waals surface area contributed by atoms with Gasteiger partial charge in [0.2, 0.25) is 17.8 Å². The first-order chi connectivity index (χ1) is 9.74. The van der Waals surface area contributed by atoms with Gasteiger partial charge in [0.25, 0.3) is 0 Å². The third kappa shape index (κ3) is 3.86. The summed E-state index contributed by atoms with van der Waals surface area (Å²) in [6.07, 6.45) is 5.75. The summed E-state index contributed by atoms with van der Waals surface area (Å²) in [6, 6.07) is 0. The maximum absolute atomic E-state index is 5.47. The van der Waals surface area contributed by atoms with Gasteiger partial charge in [-0.2, -0.15) is 26.7 Å². The van der Waals surface area contributed by atoms with Crippen molar-refractivity contribution in [3.8, 4) is 0 Å². The fourth-order valence-corrected chi connectivity index (χ4v) is 2.61. The van der Waals surface area contributed by atoms with Gasteiger partial charge in [0.15, 0.2) is 0 Å². The summed E-state index contributed by atoms with van der Waals surface area (Å²) in [7, 11) is 1.99. The summed E-state index contributed by atoms with van der Waals surface area (Å²) in [5, 5.41) is 0. The van der Waals surface area contributed by atoms with Crippen LogP contribution in [0.1, 0.15) is 19.3 Å². The van der Waals surface area contributed by atoms with Crippen molar-refractivity contribution >= 4 is 29.6 Å². The number of piperidine rings is 1. The Bertz CT molecular complexity index is 422. The smallest absolute Gasteiger partial charge is 0.243 e. The molecule has 3 N–H and O–H groups in total. The van der Waals surface area contributed by atoms with Gasteiger partial charge in [0.1, 0.15) is 0 Å². The Morgan fingerprint density at radius 2 is 2.00 bits per heavy atom. The fraction of sp³-hybridized carbons (Fsp3) is 0.750. The normalized spacial score (nSPS) is 15.2. The minimum absolute atomic E-state index is 0.423. The lowest BCUT2D eigenvalue weighted by molar-refractivity contribution is 0.567. The molecule has 0 bridgehead atoms. The molecule has 0 aliphatic carbocycles. The number of nitrogens with one attached hydrogen (secondary N) is 1. The highest BCUT2D eigenvalue weighted by molar-refractivity contribution is 7.98. The molecule has 0 radical (unpaired) electrons. The average molecular weight is 297 g/mol. The largest absolute Gasteiger partial charge is 0.343 e. The van der Waals surface area contributed by atoms with E-state index < -0.39 is 0 Å². The Labute approximate surface area is 124 Å². The molecule has 1 aromatic rings. The van der Waals surface area contributed by atoms with Crippen LogP contribution in [0.15, 0.2) is 0 Å². The summed E-state index contributed by atoms with van der Waals surface area (Å²) in [5.74, 6) is 8.32. The quantitative estimate of drug-likeness (QED) is 0.593. The summed E-state index contributed by atoms with van der Waals surface area (Å²) >= 11 is 1.80. The first-order valence-electron chi connectivity index (χ1n) is 6.92. The molecule has 1 aliphatic rings. The Morgan fingerprint density at radius 3 is 2.65 bits per heavy atom. The highest BCUT2D eigenvalue weighted by Crippen LogP contribution is 2.19. The van der Waals surface area contributed by atoms with Crippen LogP contribution in [0, 0.1) is 0 Å². The number of hydrazine groups is 1. The van der Waals surface area contributed by atoms with Gasteiger partial charge >= 0.3 is 0 Å². The Morgan fingerprint density at radius 1 is 1.25 bits per heavy atom.